The highest BCUT2D eigenvalue weighted by Gasteiger charge is 2.22. The minimum atomic E-state index is 0.500. The molecule has 0 spiro atoms. The molecule has 1 heterocycles. The molecule has 106 valence electrons. The highest BCUT2D eigenvalue weighted by molar-refractivity contribution is 6.30. The van der Waals surface area contributed by atoms with E-state index in [-0.39, 0.29) is 0 Å². The zero-order chi connectivity index (χ0) is 13.5. The lowest BCUT2D eigenvalue weighted by Crippen LogP contribution is -2.24. The van der Waals surface area contributed by atoms with Gasteiger partial charge in [0, 0.05) is 10.9 Å². The summed E-state index contributed by atoms with van der Waals surface area (Å²) < 4.78 is 6.02. The molecule has 2 rings (SSSR count). The van der Waals surface area contributed by atoms with E-state index in [1.54, 1.807) is 0 Å². The molecule has 0 aromatic heterocycles. The monoisotopic (exact) mass is 280 g/mol. The average molecular weight is 281 g/mol. The molecular weight excluding hydrogens is 256 g/mol. The fourth-order valence-electron chi connectivity index (χ4n) is 2.83. The van der Waals surface area contributed by atoms with Crippen molar-refractivity contribution in [2.45, 2.75) is 63.9 Å². The molecule has 2 unspecified atom stereocenters. The first-order valence-corrected chi connectivity index (χ1v) is 8.04. The number of benzene rings is 1. The Kier molecular flexibility index (Phi) is 6.19. The van der Waals surface area contributed by atoms with Crippen molar-refractivity contribution in [3.63, 3.8) is 0 Å². The number of rotatable bonds is 6. The SMILES string of the molecule is CCCCCCC1CCC(c2ccc(Cl)cc2)CO1. The van der Waals surface area contributed by atoms with Crippen LogP contribution < -0.4 is 0 Å². The van der Waals surface area contributed by atoms with Gasteiger partial charge >= 0.3 is 0 Å². The van der Waals surface area contributed by atoms with Crippen LogP contribution in [0.4, 0.5) is 0 Å². The summed E-state index contributed by atoms with van der Waals surface area (Å²) in [6, 6.07) is 8.23. The van der Waals surface area contributed by atoms with Crippen LogP contribution in [0, 0.1) is 0 Å². The van der Waals surface area contributed by atoms with Gasteiger partial charge < -0.3 is 4.74 Å². The van der Waals surface area contributed by atoms with Crippen molar-refractivity contribution in [1.82, 2.24) is 0 Å². The van der Waals surface area contributed by atoms with Crippen LogP contribution in [0.1, 0.15) is 63.4 Å². The quantitative estimate of drug-likeness (QED) is 0.619. The first kappa shape index (κ1) is 14.9. The van der Waals surface area contributed by atoms with Gasteiger partial charge in [-0.25, -0.2) is 0 Å². The largest absolute Gasteiger partial charge is 0.378 e. The third-order valence-corrected chi connectivity index (χ3v) is 4.34. The van der Waals surface area contributed by atoms with Crippen molar-refractivity contribution >= 4 is 11.6 Å². The smallest absolute Gasteiger partial charge is 0.0575 e. The van der Waals surface area contributed by atoms with Crippen LogP contribution in [0.25, 0.3) is 0 Å². The summed E-state index contributed by atoms with van der Waals surface area (Å²) in [4.78, 5) is 0. The number of halogens is 1. The Morgan fingerprint density at radius 3 is 2.53 bits per heavy atom. The molecule has 1 fully saturated rings. The second kappa shape index (κ2) is 7.91. The lowest BCUT2D eigenvalue weighted by Gasteiger charge is -2.29. The Labute approximate surface area is 122 Å². The molecule has 1 nitrogen and oxygen atoms in total. The van der Waals surface area contributed by atoms with E-state index < -0.39 is 0 Å². The predicted molar refractivity (Wildman–Crippen MR) is 81.9 cm³/mol. The number of unbranched alkanes of at least 4 members (excludes halogenated alkanes) is 3. The second-order valence-corrected chi connectivity index (χ2v) is 6.07. The van der Waals surface area contributed by atoms with Gasteiger partial charge in [-0.1, -0.05) is 56.3 Å². The van der Waals surface area contributed by atoms with Gasteiger partial charge in [0.1, 0.15) is 0 Å². The third kappa shape index (κ3) is 4.81. The molecule has 1 aliphatic heterocycles. The van der Waals surface area contributed by atoms with Crippen molar-refractivity contribution in [2.75, 3.05) is 6.61 Å². The summed E-state index contributed by atoms with van der Waals surface area (Å²) in [6.07, 6.45) is 9.55. The highest BCUT2D eigenvalue weighted by atomic mass is 35.5. The Morgan fingerprint density at radius 1 is 1.11 bits per heavy atom. The molecule has 0 radical (unpaired) electrons. The molecule has 1 aliphatic rings. The van der Waals surface area contributed by atoms with Crippen LogP contribution in [0.2, 0.25) is 5.02 Å². The number of hydrogen-bond donors (Lipinski definition) is 0. The van der Waals surface area contributed by atoms with Crippen LogP contribution in [-0.4, -0.2) is 12.7 Å². The molecule has 1 aromatic carbocycles. The Bertz CT molecular complexity index is 352. The van der Waals surface area contributed by atoms with Crippen LogP contribution in [0.3, 0.4) is 0 Å². The summed E-state index contributed by atoms with van der Waals surface area (Å²) in [5.74, 6) is 0.559. The average Bonchev–Trinajstić information content (AvgIpc) is 2.45. The first-order valence-electron chi connectivity index (χ1n) is 7.66. The van der Waals surface area contributed by atoms with E-state index in [9.17, 15) is 0 Å². The maximum Gasteiger partial charge on any atom is 0.0575 e. The minimum Gasteiger partial charge on any atom is -0.378 e. The normalized spacial score (nSPS) is 23.5. The van der Waals surface area contributed by atoms with Gasteiger partial charge in [0.2, 0.25) is 0 Å². The van der Waals surface area contributed by atoms with Gasteiger partial charge in [-0.15, -0.1) is 0 Å². The fourth-order valence-corrected chi connectivity index (χ4v) is 2.96. The number of hydrogen-bond acceptors (Lipinski definition) is 1. The van der Waals surface area contributed by atoms with Crippen molar-refractivity contribution in [1.29, 1.82) is 0 Å². The summed E-state index contributed by atoms with van der Waals surface area (Å²) in [6.45, 7) is 3.13. The molecular formula is C17H25ClO. The van der Waals surface area contributed by atoms with Crippen LogP contribution in [-0.2, 0) is 4.74 Å². The molecule has 0 bridgehead atoms. The molecule has 2 atom stereocenters. The summed E-state index contributed by atoms with van der Waals surface area (Å²) in [5.41, 5.74) is 1.37. The molecule has 0 saturated carbocycles. The van der Waals surface area contributed by atoms with Crippen molar-refractivity contribution < 1.29 is 4.74 Å². The summed E-state index contributed by atoms with van der Waals surface area (Å²) in [5, 5.41) is 0.814. The molecule has 0 aliphatic carbocycles. The molecule has 1 aromatic rings. The van der Waals surface area contributed by atoms with Crippen LogP contribution >= 0.6 is 11.6 Å². The Morgan fingerprint density at radius 2 is 1.89 bits per heavy atom. The van der Waals surface area contributed by atoms with Crippen LogP contribution in [0.5, 0.6) is 0 Å². The summed E-state index contributed by atoms with van der Waals surface area (Å²) in [7, 11) is 0. The molecule has 1 saturated heterocycles. The maximum absolute atomic E-state index is 6.02. The van der Waals surface area contributed by atoms with Crippen molar-refractivity contribution in [3.05, 3.63) is 34.9 Å². The molecule has 19 heavy (non-hydrogen) atoms. The lowest BCUT2D eigenvalue weighted by molar-refractivity contribution is -0.00212. The lowest BCUT2D eigenvalue weighted by atomic mass is 9.90. The van der Waals surface area contributed by atoms with E-state index in [2.05, 4.69) is 19.1 Å². The van der Waals surface area contributed by atoms with E-state index in [1.165, 1.54) is 50.5 Å². The van der Waals surface area contributed by atoms with E-state index in [0.717, 1.165) is 11.6 Å². The van der Waals surface area contributed by atoms with Gasteiger partial charge in [0.15, 0.2) is 0 Å². The number of ether oxygens (including phenoxy) is 1. The maximum atomic E-state index is 6.02. The molecule has 0 N–H and O–H groups in total. The van der Waals surface area contributed by atoms with Gasteiger partial charge in [0.05, 0.1) is 12.7 Å². The topological polar surface area (TPSA) is 9.23 Å². The zero-order valence-corrected chi connectivity index (χ0v) is 12.7. The van der Waals surface area contributed by atoms with Crippen LogP contribution in [0.15, 0.2) is 24.3 Å². The minimum absolute atomic E-state index is 0.500. The standard InChI is InChI=1S/C17H25ClO/c1-2-3-4-5-6-17-12-9-15(13-19-17)14-7-10-16(18)11-8-14/h7-8,10-11,15,17H,2-6,9,12-13H2,1H3. The van der Waals surface area contributed by atoms with Gasteiger partial charge in [-0.2, -0.15) is 0 Å². The van der Waals surface area contributed by atoms with E-state index in [0.29, 0.717) is 12.0 Å². The zero-order valence-electron chi connectivity index (χ0n) is 11.9. The van der Waals surface area contributed by atoms with E-state index in [1.807, 2.05) is 12.1 Å². The summed E-state index contributed by atoms with van der Waals surface area (Å²) >= 11 is 5.93. The second-order valence-electron chi connectivity index (χ2n) is 5.63. The van der Waals surface area contributed by atoms with Gasteiger partial charge in [-0.05, 0) is 37.0 Å². The van der Waals surface area contributed by atoms with Crippen molar-refractivity contribution in [2.24, 2.45) is 0 Å². The molecule has 2 heteroatoms. The van der Waals surface area contributed by atoms with Crippen molar-refractivity contribution in [3.8, 4) is 0 Å². The Balaban J connectivity index is 1.71. The third-order valence-electron chi connectivity index (χ3n) is 4.09. The first-order chi connectivity index (χ1) is 9.29. The van der Waals surface area contributed by atoms with Gasteiger partial charge in [0.25, 0.3) is 0 Å². The highest BCUT2D eigenvalue weighted by Crippen LogP contribution is 2.30. The molecule has 0 amide bonds. The fraction of sp³-hybridized carbons (Fsp3) is 0.647. The van der Waals surface area contributed by atoms with E-state index in [4.69, 9.17) is 16.3 Å². The van der Waals surface area contributed by atoms with E-state index >= 15 is 0 Å². The Hall–Kier alpha value is -0.530. The van der Waals surface area contributed by atoms with Gasteiger partial charge in [-0.3, -0.25) is 0 Å². The predicted octanol–water partition coefficient (Wildman–Crippen LogP) is 5.57.